The van der Waals surface area contributed by atoms with Crippen LogP contribution in [0.4, 0.5) is 5.13 Å². The van der Waals surface area contributed by atoms with Gasteiger partial charge in [-0.25, -0.2) is 9.78 Å². The number of allylic oxidation sites excluding steroid dienone is 1. The molecule has 1 atom stereocenters. The highest BCUT2D eigenvalue weighted by molar-refractivity contribution is 7.17. The van der Waals surface area contributed by atoms with Gasteiger partial charge in [0.25, 0.3) is 5.91 Å². The third kappa shape index (κ3) is 6.09. The summed E-state index contributed by atoms with van der Waals surface area (Å²) in [6, 6.07) is 15.3. The summed E-state index contributed by atoms with van der Waals surface area (Å²) < 4.78 is 10.8. The van der Waals surface area contributed by atoms with Crippen molar-refractivity contribution < 1.29 is 29.0 Å². The van der Waals surface area contributed by atoms with E-state index in [9.17, 15) is 19.5 Å². The Hall–Kier alpha value is -4.24. The van der Waals surface area contributed by atoms with Gasteiger partial charge in [-0.3, -0.25) is 14.5 Å². The summed E-state index contributed by atoms with van der Waals surface area (Å²) in [5.74, 6) is -1.52. The molecule has 1 unspecified atom stereocenters. The first-order valence-corrected chi connectivity index (χ1v) is 13.4. The number of ether oxygens (including phenoxy) is 2. The molecule has 0 bridgehead atoms. The monoisotopic (exact) mass is 546 g/mol. The number of carbonyl (C=O) groups excluding carboxylic acids is 3. The zero-order valence-corrected chi connectivity index (χ0v) is 23.0. The van der Waals surface area contributed by atoms with E-state index in [1.165, 1.54) is 18.1 Å². The Balaban J connectivity index is 1.77. The van der Waals surface area contributed by atoms with E-state index in [1.807, 2.05) is 30.3 Å². The van der Waals surface area contributed by atoms with Gasteiger partial charge in [-0.2, -0.15) is 0 Å². The Morgan fingerprint density at radius 2 is 1.90 bits per heavy atom. The number of aliphatic hydroxyl groups is 1. The van der Waals surface area contributed by atoms with Crippen LogP contribution in [-0.4, -0.2) is 41.5 Å². The number of carbonyl (C=O) groups is 3. The molecule has 8 nitrogen and oxygen atoms in total. The standard InChI is InChI=1S/C30H30N2O6S/c1-18(2)15-16-38-22-12-8-11-21(17-22)25-24(23(33)14-13-20-9-6-5-7-10-20)26(34)28(35)32(25)30-31-19(3)27(39-30)29(36)37-4/h5-14,17-18,25,34H,15-16H2,1-4H3/b14-13+. The number of thiazole rings is 1. The van der Waals surface area contributed by atoms with Gasteiger partial charge in [0, 0.05) is 0 Å². The van der Waals surface area contributed by atoms with Crippen LogP contribution in [0.15, 0.2) is 72.0 Å². The molecule has 0 saturated carbocycles. The topological polar surface area (TPSA) is 106 Å². The van der Waals surface area contributed by atoms with Crippen molar-refractivity contribution in [1.29, 1.82) is 0 Å². The molecule has 0 radical (unpaired) electrons. The molecule has 1 aliphatic rings. The van der Waals surface area contributed by atoms with E-state index in [0.29, 0.717) is 29.5 Å². The number of nitrogens with zero attached hydrogens (tertiary/aromatic N) is 2. The smallest absolute Gasteiger partial charge is 0.350 e. The minimum atomic E-state index is -0.991. The molecule has 0 spiro atoms. The summed E-state index contributed by atoms with van der Waals surface area (Å²) >= 11 is 0.960. The van der Waals surface area contributed by atoms with E-state index in [2.05, 4.69) is 18.8 Å². The molecule has 2 aromatic carbocycles. The number of aryl methyl sites for hydroxylation is 1. The van der Waals surface area contributed by atoms with Crippen molar-refractivity contribution in [3.63, 3.8) is 0 Å². The molecule has 3 aromatic rings. The molecule has 0 aliphatic carbocycles. The van der Waals surface area contributed by atoms with Gasteiger partial charge in [0.05, 0.1) is 31.0 Å². The van der Waals surface area contributed by atoms with Crippen LogP contribution in [0.1, 0.15) is 52.8 Å². The maximum Gasteiger partial charge on any atom is 0.350 e. The Bertz CT molecular complexity index is 1440. The van der Waals surface area contributed by atoms with Crippen LogP contribution in [0.2, 0.25) is 0 Å². The molecule has 2 heterocycles. The van der Waals surface area contributed by atoms with Crippen molar-refractivity contribution in [3.05, 3.63) is 93.7 Å². The second-order valence-corrected chi connectivity index (χ2v) is 10.4. The Kier molecular flexibility index (Phi) is 8.61. The van der Waals surface area contributed by atoms with Crippen molar-refractivity contribution in [3.8, 4) is 5.75 Å². The van der Waals surface area contributed by atoms with Gasteiger partial charge in [0.2, 0.25) is 0 Å². The highest BCUT2D eigenvalue weighted by Gasteiger charge is 2.45. The second kappa shape index (κ2) is 12.1. The molecule has 0 saturated heterocycles. The van der Waals surface area contributed by atoms with Gasteiger partial charge < -0.3 is 14.6 Å². The quantitative estimate of drug-likeness (QED) is 0.251. The van der Waals surface area contributed by atoms with Crippen LogP contribution in [0.25, 0.3) is 6.08 Å². The fourth-order valence-electron chi connectivity index (χ4n) is 4.15. The number of anilines is 1. The zero-order valence-electron chi connectivity index (χ0n) is 22.2. The average Bonchev–Trinajstić information content (AvgIpc) is 3.43. The summed E-state index contributed by atoms with van der Waals surface area (Å²) in [6.45, 7) is 6.35. The number of hydrogen-bond donors (Lipinski definition) is 1. The summed E-state index contributed by atoms with van der Waals surface area (Å²) in [4.78, 5) is 45.1. The summed E-state index contributed by atoms with van der Waals surface area (Å²) in [7, 11) is 1.26. The lowest BCUT2D eigenvalue weighted by atomic mass is 9.95. The molecule has 1 aromatic heterocycles. The first kappa shape index (κ1) is 27.8. The van der Waals surface area contributed by atoms with Crippen LogP contribution in [0.5, 0.6) is 5.75 Å². The highest BCUT2D eigenvalue weighted by Crippen LogP contribution is 2.43. The van der Waals surface area contributed by atoms with Crippen molar-refractivity contribution in [2.75, 3.05) is 18.6 Å². The maximum atomic E-state index is 13.5. The lowest BCUT2D eigenvalue weighted by Gasteiger charge is -2.24. The molecule has 0 fully saturated rings. The number of benzene rings is 2. The number of aliphatic hydroxyl groups excluding tert-OH is 1. The maximum absolute atomic E-state index is 13.5. The van der Waals surface area contributed by atoms with Gasteiger partial charge in [-0.1, -0.05) is 73.7 Å². The van der Waals surface area contributed by atoms with E-state index in [4.69, 9.17) is 9.47 Å². The predicted molar refractivity (Wildman–Crippen MR) is 150 cm³/mol. The number of methoxy groups -OCH3 is 1. The Morgan fingerprint density at radius 3 is 2.59 bits per heavy atom. The van der Waals surface area contributed by atoms with Crippen LogP contribution < -0.4 is 9.64 Å². The molecule has 39 heavy (non-hydrogen) atoms. The number of amides is 1. The first-order valence-electron chi connectivity index (χ1n) is 12.5. The van der Waals surface area contributed by atoms with Crippen LogP contribution in [-0.2, 0) is 14.3 Å². The van der Waals surface area contributed by atoms with E-state index in [-0.39, 0.29) is 15.6 Å². The van der Waals surface area contributed by atoms with Crippen molar-refractivity contribution in [1.82, 2.24) is 4.98 Å². The fraction of sp³-hybridized carbons (Fsp3) is 0.267. The molecule has 1 N–H and O–H groups in total. The average molecular weight is 547 g/mol. The summed E-state index contributed by atoms with van der Waals surface area (Å²) in [6.07, 6.45) is 3.82. The molecule has 4 rings (SSSR count). The highest BCUT2D eigenvalue weighted by atomic mass is 32.1. The van der Waals surface area contributed by atoms with E-state index < -0.39 is 29.5 Å². The van der Waals surface area contributed by atoms with Crippen LogP contribution >= 0.6 is 11.3 Å². The third-order valence-corrected chi connectivity index (χ3v) is 7.34. The zero-order chi connectivity index (χ0) is 28.1. The number of hydrogen-bond acceptors (Lipinski definition) is 8. The fourth-order valence-corrected chi connectivity index (χ4v) is 5.16. The Morgan fingerprint density at radius 1 is 1.15 bits per heavy atom. The van der Waals surface area contributed by atoms with Crippen LogP contribution in [0, 0.1) is 12.8 Å². The summed E-state index contributed by atoms with van der Waals surface area (Å²) in [5, 5.41) is 11.1. The lowest BCUT2D eigenvalue weighted by Crippen LogP contribution is -2.30. The molecular formula is C30H30N2O6S. The Labute approximate surface area is 231 Å². The lowest BCUT2D eigenvalue weighted by molar-refractivity contribution is -0.117. The van der Waals surface area contributed by atoms with Gasteiger partial charge in [-0.15, -0.1) is 0 Å². The van der Waals surface area contributed by atoms with Gasteiger partial charge >= 0.3 is 5.97 Å². The molecule has 1 amide bonds. The minimum absolute atomic E-state index is 0.0843. The van der Waals surface area contributed by atoms with Crippen LogP contribution in [0.3, 0.4) is 0 Å². The number of ketones is 1. The molecular weight excluding hydrogens is 516 g/mol. The van der Waals surface area contributed by atoms with E-state index >= 15 is 0 Å². The van der Waals surface area contributed by atoms with Crippen molar-refractivity contribution >= 4 is 40.2 Å². The predicted octanol–water partition coefficient (Wildman–Crippen LogP) is 5.85. The SMILES string of the molecule is COC(=O)c1sc(N2C(=O)C(O)=C(C(=O)/C=C/c3ccccc3)C2c2cccc(OCCC(C)C)c2)nc1C. The second-order valence-electron chi connectivity index (χ2n) is 9.45. The largest absolute Gasteiger partial charge is 0.503 e. The van der Waals surface area contributed by atoms with E-state index in [1.54, 1.807) is 37.3 Å². The van der Waals surface area contributed by atoms with Crippen molar-refractivity contribution in [2.45, 2.75) is 33.2 Å². The minimum Gasteiger partial charge on any atom is -0.503 e. The molecule has 202 valence electrons. The van der Waals surface area contributed by atoms with Crippen molar-refractivity contribution in [2.24, 2.45) is 5.92 Å². The number of rotatable bonds is 10. The third-order valence-electron chi connectivity index (χ3n) is 6.20. The first-order chi connectivity index (χ1) is 18.7. The van der Waals surface area contributed by atoms with Gasteiger partial charge in [0.1, 0.15) is 10.6 Å². The molecule has 9 heteroatoms. The number of esters is 1. The number of aromatic nitrogens is 1. The van der Waals surface area contributed by atoms with Gasteiger partial charge in [-0.05, 0) is 48.6 Å². The van der Waals surface area contributed by atoms with E-state index in [0.717, 1.165) is 23.3 Å². The normalized spacial score (nSPS) is 15.5. The van der Waals surface area contributed by atoms with Gasteiger partial charge in [0.15, 0.2) is 16.7 Å². The summed E-state index contributed by atoms with van der Waals surface area (Å²) in [5.41, 5.74) is 1.64. The molecule has 1 aliphatic heterocycles.